The van der Waals surface area contributed by atoms with Gasteiger partial charge in [-0.1, -0.05) is 0 Å². The molecule has 2 N–H and O–H groups in total. The molecule has 1 aliphatic rings. The number of ether oxygens (including phenoxy) is 2. The van der Waals surface area contributed by atoms with Crippen LogP contribution in [0.2, 0.25) is 0 Å². The second-order valence-electron chi connectivity index (χ2n) is 4.91. The number of thiol groups is 1. The van der Waals surface area contributed by atoms with Crippen molar-refractivity contribution in [3.8, 4) is 0 Å². The number of halogens is 1. The third-order valence-electron chi connectivity index (χ3n) is 3.31. The van der Waals surface area contributed by atoms with E-state index in [0.717, 1.165) is 0 Å². The van der Waals surface area contributed by atoms with Crippen molar-refractivity contribution < 1.29 is 22.8 Å². The van der Waals surface area contributed by atoms with Gasteiger partial charge in [0.2, 0.25) is 0 Å². The molecule has 0 spiro atoms. The highest BCUT2D eigenvalue weighted by Gasteiger charge is 2.32. The lowest BCUT2D eigenvalue weighted by Crippen LogP contribution is -2.34. The number of hydrogen-bond acceptors (Lipinski definition) is 7. The number of anilines is 2. The number of nitrogens with zero attached hydrogens (tertiary/aromatic N) is 1. The number of amides is 1. The zero-order valence-corrected chi connectivity index (χ0v) is 14.7. The van der Waals surface area contributed by atoms with Crippen LogP contribution in [0.3, 0.4) is 0 Å². The molecule has 1 aromatic carbocycles. The highest BCUT2D eigenvalue weighted by molar-refractivity contribution is 7.80. The van der Waals surface area contributed by atoms with Gasteiger partial charge < -0.3 is 24.3 Å². The number of carbonyl (C=O) groups is 1. The first-order valence-electron chi connectivity index (χ1n) is 7.15. The lowest BCUT2D eigenvalue weighted by atomic mass is 10.2. The third kappa shape index (κ3) is 4.86. The van der Waals surface area contributed by atoms with Crippen molar-refractivity contribution in [3.05, 3.63) is 24.0 Å². The number of methoxy groups -OCH3 is 1. The largest absolute Gasteiger partial charge is 0.474 e. The van der Waals surface area contributed by atoms with Crippen LogP contribution < -0.4 is 15.5 Å². The molecule has 0 aliphatic carbocycles. The first-order valence-corrected chi connectivity index (χ1v) is 7.92. The van der Waals surface area contributed by atoms with Gasteiger partial charge in [0, 0.05) is 6.54 Å². The topological polar surface area (TPSA) is 72.1 Å². The molecule has 0 radical (unpaired) electrons. The van der Waals surface area contributed by atoms with Gasteiger partial charge in [0.05, 0.1) is 38.2 Å². The van der Waals surface area contributed by atoms with E-state index in [4.69, 9.17) is 21.7 Å². The van der Waals surface area contributed by atoms with Crippen LogP contribution in [0.5, 0.6) is 0 Å². The molecule has 132 valence electrons. The van der Waals surface area contributed by atoms with E-state index >= 15 is 0 Å². The molecule has 24 heavy (non-hydrogen) atoms. The normalized spacial score (nSPS) is 16.7. The predicted molar refractivity (Wildman–Crippen MR) is 95.1 cm³/mol. The summed E-state index contributed by atoms with van der Waals surface area (Å²) in [4.78, 5) is 13.3. The zero-order valence-electron chi connectivity index (χ0n) is 13.0. The van der Waals surface area contributed by atoms with Crippen molar-refractivity contribution >= 4 is 47.8 Å². The Hall–Kier alpha value is -1.78. The quantitative estimate of drug-likeness (QED) is 0.291. The first-order chi connectivity index (χ1) is 11.5. The van der Waals surface area contributed by atoms with E-state index in [-0.39, 0.29) is 11.7 Å². The van der Waals surface area contributed by atoms with Gasteiger partial charge in [0.15, 0.2) is 0 Å². The van der Waals surface area contributed by atoms with Crippen LogP contribution >= 0.6 is 25.1 Å². The van der Waals surface area contributed by atoms with Gasteiger partial charge in [-0.15, -0.1) is 0 Å². The smallest absolute Gasteiger partial charge is 0.414 e. The minimum atomic E-state index is -0.534. The van der Waals surface area contributed by atoms with Crippen LogP contribution in [0.4, 0.5) is 20.6 Å². The molecule has 2 rings (SSSR count). The van der Waals surface area contributed by atoms with E-state index in [1.807, 2.05) is 0 Å². The van der Waals surface area contributed by atoms with Crippen molar-refractivity contribution in [3.63, 3.8) is 0 Å². The lowest BCUT2D eigenvalue weighted by Gasteiger charge is -2.15. The Morgan fingerprint density at radius 3 is 3.04 bits per heavy atom. The molecule has 1 fully saturated rings. The van der Waals surface area contributed by atoms with Gasteiger partial charge in [-0.2, -0.15) is 0 Å². The summed E-state index contributed by atoms with van der Waals surface area (Å²) < 4.78 is 28.7. The first kappa shape index (κ1) is 18.6. The number of nitrogens with one attached hydrogen (secondary N) is 2. The monoisotopic (exact) mass is 375 g/mol. The third-order valence-corrected chi connectivity index (χ3v) is 3.80. The molecular weight excluding hydrogens is 357 g/mol. The average molecular weight is 375 g/mol. The molecule has 1 amide bonds. The molecule has 7 nitrogen and oxygen atoms in total. The van der Waals surface area contributed by atoms with Gasteiger partial charge in [-0.05, 0) is 43.3 Å². The summed E-state index contributed by atoms with van der Waals surface area (Å²) in [7, 11) is 1.45. The van der Waals surface area contributed by atoms with Crippen molar-refractivity contribution in [1.82, 2.24) is 5.32 Å². The van der Waals surface area contributed by atoms with E-state index in [1.54, 1.807) is 12.1 Å². The van der Waals surface area contributed by atoms with E-state index in [0.29, 0.717) is 31.1 Å². The Labute approximate surface area is 150 Å². The van der Waals surface area contributed by atoms with Crippen LogP contribution in [-0.4, -0.2) is 50.7 Å². The maximum Gasteiger partial charge on any atom is 0.414 e. The van der Waals surface area contributed by atoms with Crippen LogP contribution in [-0.2, 0) is 13.7 Å². The maximum absolute atomic E-state index is 14.1. The van der Waals surface area contributed by atoms with Crippen molar-refractivity contribution in [2.24, 2.45) is 0 Å². The molecule has 10 heteroatoms. The number of cyclic esters (lactones) is 1. The summed E-state index contributed by atoms with van der Waals surface area (Å²) in [6.45, 7) is 1.36. The molecular formula is C14H18FN3O4S2. The number of hydrogen-bond donors (Lipinski definition) is 3. The number of carbonyl (C=O) groups excluding carboxylic acids is 1. The highest BCUT2D eigenvalue weighted by Crippen LogP contribution is 2.25. The Balaban J connectivity index is 1.97. The maximum atomic E-state index is 14.1. The molecule has 1 aliphatic heterocycles. The van der Waals surface area contributed by atoms with Crippen molar-refractivity contribution in [2.45, 2.75) is 6.10 Å². The summed E-state index contributed by atoms with van der Waals surface area (Å²) in [6, 6.07) is 4.48. The fourth-order valence-corrected chi connectivity index (χ4v) is 2.33. The van der Waals surface area contributed by atoms with Gasteiger partial charge in [0.1, 0.15) is 11.9 Å². The van der Waals surface area contributed by atoms with Gasteiger partial charge in [-0.25, -0.2) is 9.18 Å². The van der Waals surface area contributed by atoms with Gasteiger partial charge in [-0.3, -0.25) is 4.90 Å². The lowest BCUT2D eigenvalue weighted by molar-refractivity contribution is 0.142. The highest BCUT2D eigenvalue weighted by atomic mass is 32.1. The Morgan fingerprint density at radius 2 is 2.38 bits per heavy atom. The fraction of sp³-hybridized carbons (Fsp3) is 0.429. The molecule has 0 aromatic heterocycles. The minimum Gasteiger partial charge on any atom is -0.474 e. The summed E-state index contributed by atoms with van der Waals surface area (Å²) >= 11 is 8.47. The van der Waals surface area contributed by atoms with E-state index in [2.05, 4.69) is 27.7 Å². The second kappa shape index (κ2) is 8.90. The van der Waals surface area contributed by atoms with Crippen molar-refractivity contribution in [2.75, 3.05) is 43.6 Å². The van der Waals surface area contributed by atoms with E-state index in [1.165, 1.54) is 18.1 Å². The summed E-state index contributed by atoms with van der Waals surface area (Å²) in [5, 5.41) is 5.91. The van der Waals surface area contributed by atoms with E-state index in [9.17, 15) is 9.18 Å². The Kier molecular flexibility index (Phi) is 6.88. The van der Waals surface area contributed by atoms with Gasteiger partial charge >= 0.3 is 6.09 Å². The molecule has 0 saturated carbocycles. The summed E-state index contributed by atoms with van der Waals surface area (Å²) in [6.07, 6.45) is -0.937. The Bertz CT molecular complexity index is 605. The summed E-state index contributed by atoms with van der Waals surface area (Å²) in [5.74, 6) is -0.471. The molecule has 1 atom stereocenters. The number of benzene rings is 1. The van der Waals surface area contributed by atoms with Crippen LogP contribution in [0.1, 0.15) is 0 Å². The fourth-order valence-electron chi connectivity index (χ4n) is 2.15. The predicted octanol–water partition coefficient (Wildman–Crippen LogP) is 1.95. The van der Waals surface area contributed by atoms with Crippen LogP contribution in [0.15, 0.2) is 18.2 Å². The zero-order chi connectivity index (χ0) is 17.5. The number of rotatable bonds is 7. The van der Waals surface area contributed by atoms with Crippen molar-refractivity contribution in [1.29, 1.82) is 0 Å². The standard InChI is InChI=1S/C14H18FN3O4S2/c1-20-13(23)17-7-10-8-18(14(19)22-10)9-2-3-12(11(15)6-9)16-4-5-21-24/h2-3,6,10,16,24H,4-5,7-8H2,1H3,(H,17,23)/t10-/m0/s1. The summed E-state index contributed by atoms with van der Waals surface area (Å²) in [5.41, 5.74) is 0.741. The minimum absolute atomic E-state index is 0.219. The average Bonchev–Trinajstić information content (AvgIpc) is 2.95. The second-order valence-corrected chi connectivity index (χ2v) is 5.54. The van der Waals surface area contributed by atoms with Crippen LogP contribution in [0, 0.1) is 5.82 Å². The SMILES string of the molecule is COC(=S)NC[C@H]1CN(c2ccc(NCCOS)c(F)c2)C(=O)O1. The molecule has 0 unspecified atom stereocenters. The molecule has 1 heterocycles. The van der Waals surface area contributed by atoms with Gasteiger partial charge in [0.25, 0.3) is 5.17 Å². The van der Waals surface area contributed by atoms with E-state index < -0.39 is 18.0 Å². The molecule has 0 bridgehead atoms. The molecule has 1 aromatic rings. The Morgan fingerprint density at radius 1 is 1.58 bits per heavy atom. The van der Waals surface area contributed by atoms with Crippen LogP contribution in [0.25, 0.3) is 0 Å². The molecule has 1 saturated heterocycles. The number of thiocarbonyl (C=S) groups is 1.